The molecule has 0 aromatic heterocycles. The van der Waals surface area contributed by atoms with E-state index in [1.54, 1.807) is 0 Å². The Balaban J connectivity index is 1.45. The van der Waals surface area contributed by atoms with E-state index in [-0.39, 0.29) is 22.8 Å². The molecule has 2 aliphatic rings. The maximum atomic E-state index is 13.3. The second-order valence-corrected chi connectivity index (χ2v) is 11.0. The van der Waals surface area contributed by atoms with E-state index in [9.17, 15) is 4.79 Å². The zero-order valence-corrected chi connectivity index (χ0v) is 19.5. The Hall–Kier alpha value is -3.22. The van der Waals surface area contributed by atoms with Crippen LogP contribution in [-0.4, -0.2) is 11.6 Å². The van der Waals surface area contributed by atoms with Crippen LogP contribution in [0.4, 0.5) is 0 Å². The number of hydrogen-bond acceptors (Lipinski definition) is 2. The van der Waals surface area contributed by atoms with Crippen LogP contribution in [0.3, 0.4) is 0 Å². The Kier molecular flexibility index (Phi) is 5.87. The van der Waals surface area contributed by atoms with E-state index < -0.39 is 5.60 Å². The Labute approximate surface area is 199 Å². The van der Waals surface area contributed by atoms with Gasteiger partial charge in [0.2, 0.25) is 0 Å². The first kappa shape index (κ1) is 21.6. The lowest BCUT2D eigenvalue weighted by Gasteiger charge is -2.34. The Morgan fingerprint density at radius 3 is 2.09 bits per heavy atom. The monoisotopic (exact) mass is 451 g/mol. The number of ether oxygens (including phenoxy) is 1. The van der Waals surface area contributed by atoms with Crippen molar-refractivity contribution in [2.75, 3.05) is 0 Å². The lowest BCUT2D eigenvalue weighted by Crippen LogP contribution is -2.40. The van der Waals surface area contributed by atoms with E-state index in [1.165, 1.54) is 9.79 Å². The Bertz CT molecular complexity index is 1170. The fraction of sp³-hybridized carbons (Fsp3) is 0.233. The van der Waals surface area contributed by atoms with Crippen molar-refractivity contribution < 1.29 is 9.53 Å². The Morgan fingerprint density at radius 1 is 0.909 bits per heavy atom. The van der Waals surface area contributed by atoms with Gasteiger partial charge in [0.25, 0.3) is 0 Å². The third-order valence-electron chi connectivity index (χ3n) is 6.84. The summed E-state index contributed by atoms with van der Waals surface area (Å²) in [7, 11) is -0.327. The molecule has 0 amide bonds. The second kappa shape index (κ2) is 8.96. The number of rotatable bonds is 6. The van der Waals surface area contributed by atoms with E-state index in [4.69, 9.17) is 11.2 Å². The summed E-state index contributed by atoms with van der Waals surface area (Å²) in [6, 6.07) is 28.6. The molecule has 0 heterocycles. The number of carbonyl (C=O) groups excluding carboxylic acids is 1. The molecule has 164 valence electrons. The predicted molar refractivity (Wildman–Crippen MR) is 133 cm³/mol. The van der Waals surface area contributed by atoms with Crippen molar-refractivity contribution in [1.29, 1.82) is 0 Å². The summed E-state index contributed by atoms with van der Waals surface area (Å²) in [5.74, 6) is 3.60. The van der Waals surface area contributed by atoms with Gasteiger partial charge >= 0.3 is 5.97 Å². The maximum absolute atomic E-state index is 13.3. The zero-order chi connectivity index (χ0) is 22.8. The molecule has 0 radical (unpaired) electrons. The van der Waals surface area contributed by atoms with Gasteiger partial charge in [-0.1, -0.05) is 60.5 Å². The minimum Gasteiger partial charge on any atom is -0.442 e. The van der Waals surface area contributed by atoms with Crippen LogP contribution >= 0.6 is 0 Å². The van der Waals surface area contributed by atoms with Crippen molar-refractivity contribution >= 4 is 16.9 Å². The molecular formula is C30H27O2S+. The molecule has 2 nitrogen and oxygen atoms in total. The number of allylic oxidation sites excluding steroid dienone is 2. The first-order chi connectivity index (χ1) is 16.1. The van der Waals surface area contributed by atoms with Crippen LogP contribution in [0.1, 0.15) is 30.1 Å². The first-order valence-electron chi connectivity index (χ1n) is 11.4. The predicted octanol–water partition coefficient (Wildman–Crippen LogP) is 6.54. The molecule has 2 aliphatic carbocycles. The minimum atomic E-state index is -0.905. The summed E-state index contributed by atoms with van der Waals surface area (Å²) in [5.41, 5.74) is -0.366. The molecule has 3 aromatic rings. The van der Waals surface area contributed by atoms with Crippen LogP contribution in [0.25, 0.3) is 0 Å². The number of hydrogen-bond donors (Lipinski definition) is 0. The smallest absolute Gasteiger partial charge is 0.339 e. The number of esters is 1. The maximum Gasteiger partial charge on any atom is 0.339 e. The van der Waals surface area contributed by atoms with Gasteiger partial charge in [-0.25, -0.2) is 4.79 Å². The van der Waals surface area contributed by atoms with Crippen LogP contribution in [0.15, 0.2) is 112 Å². The highest BCUT2D eigenvalue weighted by Crippen LogP contribution is 2.49. The van der Waals surface area contributed by atoms with Crippen molar-refractivity contribution in [3.8, 4) is 12.3 Å². The molecule has 33 heavy (non-hydrogen) atoms. The van der Waals surface area contributed by atoms with E-state index in [2.05, 4.69) is 72.7 Å². The third-order valence-corrected chi connectivity index (χ3v) is 9.05. The fourth-order valence-electron chi connectivity index (χ4n) is 5.15. The van der Waals surface area contributed by atoms with Gasteiger partial charge in [0, 0.05) is 12.0 Å². The number of fused-ring (bicyclic) bond motifs is 2. The summed E-state index contributed by atoms with van der Waals surface area (Å²) < 4.78 is 6.05. The van der Waals surface area contributed by atoms with Crippen LogP contribution in [0.2, 0.25) is 0 Å². The summed E-state index contributed by atoms with van der Waals surface area (Å²) in [6.07, 6.45) is 12.5. The lowest BCUT2D eigenvalue weighted by molar-refractivity contribution is -0.0145. The lowest BCUT2D eigenvalue weighted by atomic mass is 9.80. The molecule has 3 heteroatoms. The van der Waals surface area contributed by atoms with Gasteiger partial charge in [0.1, 0.15) is 0 Å². The summed E-state index contributed by atoms with van der Waals surface area (Å²) in [5, 5.41) is 0. The average Bonchev–Trinajstić information content (AvgIpc) is 3.50. The van der Waals surface area contributed by atoms with Crippen LogP contribution in [0, 0.1) is 30.1 Å². The Morgan fingerprint density at radius 2 is 1.55 bits per heavy atom. The highest BCUT2D eigenvalue weighted by atomic mass is 32.2. The molecule has 0 aliphatic heterocycles. The van der Waals surface area contributed by atoms with E-state index in [0.29, 0.717) is 17.4 Å². The van der Waals surface area contributed by atoms with Gasteiger partial charge in [0.05, 0.1) is 16.5 Å². The van der Waals surface area contributed by atoms with Gasteiger partial charge in [0.15, 0.2) is 20.3 Å². The number of terminal acetylenes is 1. The van der Waals surface area contributed by atoms with E-state index in [0.717, 1.165) is 17.7 Å². The third kappa shape index (κ3) is 4.24. The molecule has 1 saturated carbocycles. The van der Waals surface area contributed by atoms with Crippen LogP contribution < -0.4 is 0 Å². The fourth-order valence-corrected chi connectivity index (χ4v) is 7.28. The highest BCUT2D eigenvalue weighted by Gasteiger charge is 2.48. The summed E-state index contributed by atoms with van der Waals surface area (Å²) >= 11 is 0. The minimum absolute atomic E-state index is 0.174. The average molecular weight is 452 g/mol. The van der Waals surface area contributed by atoms with E-state index >= 15 is 0 Å². The summed E-state index contributed by atoms with van der Waals surface area (Å²) in [6.45, 7) is 1.90. The largest absolute Gasteiger partial charge is 0.442 e. The number of carbonyl (C=O) groups is 1. The van der Waals surface area contributed by atoms with Crippen molar-refractivity contribution in [1.82, 2.24) is 0 Å². The second-order valence-electron chi connectivity index (χ2n) is 8.99. The summed E-state index contributed by atoms with van der Waals surface area (Å²) in [4.78, 5) is 16.8. The zero-order valence-electron chi connectivity index (χ0n) is 18.7. The van der Waals surface area contributed by atoms with Crippen molar-refractivity contribution in [3.05, 3.63) is 103 Å². The highest BCUT2D eigenvalue weighted by molar-refractivity contribution is 7.97. The first-order valence-corrected chi connectivity index (χ1v) is 12.6. The molecule has 4 unspecified atom stereocenters. The number of benzene rings is 3. The van der Waals surface area contributed by atoms with Crippen LogP contribution in [0.5, 0.6) is 0 Å². The van der Waals surface area contributed by atoms with Gasteiger partial charge in [-0.15, -0.1) is 6.42 Å². The molecule has 4 atom stereocenters. The molecule has 2 bridgehead atoms. The molecular weight excluding hydrogens is 424 g/mol. The van der Waals surface area contributed by atoms with Gasteiger partial charge in [-0.2, -0.15) is 0 Å². The quantitative estimate of drug-likeness (QED) is 0.184. The molecule has 0 saturated heterocycles. The topological polar surface area (TPSA) is 26.3 Å². The normalized spacial score (nSPS) is 22.6. The van der Waals surface area contributed by atoms with Crippen molar-refractivity contribution in [3.63, 3.8) is 0 Å². The molecule has 0 N–H and O–H groups in total. The molecule has 0 spiro atoms. The van der Waals surface area contributed by atoms with Gasteiger partial charge < -0.3 is 4.74 Å². The van der Waals surface area contributed by atoms with Crippen LogP contribution in [-0.2, 0) is 15.6 Å². The SMILES string of the molecule is C#CC(C)(OC(=O)c1cccc([S+](c2ccccc2)c2ccccc2)c1)C1CC2C=CC1C2. The van der Waals surface area contributed by atoms with Crippen molar-refractivity contribution in [2.24, 2.45) is 17.8 Å². The van der Waals surface area contributed by atoms with E-state index in [1.807, 2.05) is 37.3 Å². The molecule has 5 rings (SSSR count). The van der Waals surface area contributed by atoms with Gasteiger partial charge in [-0.05, 0) is 68.0 Å². The molecule has 1 fully saturated rings. The molecule has 3 aromatic carbocycles. The van der Waals surface area contributed by atoms with Gasteiger partial charge in [-0.3, -0.25) is 0 Å². The van der Waals surface area contributed by atoms with Crippen molar-refractivity contribution in [2.45, 2.75) is 40.1 Å². The standard InChI is InChI=1S/C30H27O2S/c1-3-30(2,28-20-22-17-18-23(28)19-22)32-29(31)24-11-10-16-27(21-24)33(25-12-6-4-7-13-25)26-14-8-5-9-15-26/h1,4-18,21-23,28H,19-20H2,2H3/q+1.